The maximum absolute atomic E-state index is 13.2. The maximum atomic E-state index is 13.2. The molecule has 0 aliphatic carbocycles. The summed E-state index contributed by atoms with van der Waals surface area (Å²) in [6.45, 7) is 4.45. The molecule has 160 valence electrons. The van der Waals surface area contributed by atoms with Crippen LogP contribution >= 0.6 is 0 Å². The molecular weight excluding hydrogens is 392 g/mol. The molecule has 0 saturated carbocycles. The van der Waals surface area contributed by atoms with Gasteiger partial charge in [0.25, 0.3) is 11.6 Å². The van der Waals surface area contributed by atoms with Crippen LogP contribution < -0.4 is 14.2 Å². The van der Waals surface area contributed by atoms with Crippen LogP contribution in [0.15, 0.2) is 54.9 Å². The first kappa shape index (κ1) is 20.7. The molecule has 0 saturated heterocycles. The Bertz CT molecular complexity index is 1170. The lowest BCUT2D eigenvalue weighted by molar-refractivity contribution is -0.622. The van der Waals surface area contributed by atoms with Crippen molar-refractivity contribution in [2.24, 2.45) is 5.92 Å². The van der Waals surface area contributed by atoms with Crippen LogP contribution in [0, 0.1) is 11.1 Å². The van der Waals surface area contributed by atoms with Crippen LogP contribution in [0.5, 0.6) is 11.8 Å². The largest absolute Gasteiger partial charge is 0.616 e. The topological polar surface area (TPSA) is 87.0 Å². The summed E-state index contributed by atoms with van der Waals surface area (Å²) in [6.07, 6.45) is 4.58. The van der Waals surface area contributed by atoms with Gasteiger partial charge < -0.3 is 19.7 Å². The summed E-state index contributed by atoms with van der Waals surface area (Å²) in [7, 11) is 1.50. The third kappa shape index (κ3) is 4.45. The SMILES string of the molecule is COc1c(Cc2c[nH]c3ncccc23)nc(OCc2ccccc2)c(CC(C)C)[n+]1[O-]. The number of benzene rings is 1. The Morgan fingerprint density at radius 3 is 2.68 bits per heavy atom. The first-order valence-electron chi connectivity index (χ1n) is 10.3. The van der Waals surface area contributed by atoms with Crippen LogP contribution in [-0.2, 0) is 19.4 Å². The molecule has 7 nitrogen and oxygen atoms in total. The zero-order chi connectivity index (χ0) is 21.8. The Hall–Kier alpha value is -3.61. The standard InChI is InChI=1S/C24H26N4O3/c1-16(2)12-21-23(31-15-17-8-5-4-6-9-17)27-20(24(30-3)28(21)29)13-18-14-26-22-19(18)10-7-11-25-22/h4-11,14,16H,12-13,15H2,1-3H3,(H,25,26). The number of pyridine rings is 1. The van der Waals surface area contributed by atoms with Crippen molar-refractivity contribution in [2.45, 2.75) is 33.3 Å². The van der Waals surface area contributed by atoms with Crippen molar-refractivity contribution in [3.8, 4) is 11.8 Å². The Morgan fingerprint density at radius 1 is 1.13 bits per heavy atom. The predicted octanol–water partition coefficient (Wildman–Crippen LogP) is 3.97. The molecular formula is C24H26N4O3. The zero-order valence-electron chi connectivity index (χ0n) is 18.0. The fraction of sp³-hybridized carbons (Fsp3) is 0.292. The van der Waals surface area contributed by atoms with E-state index >= 15 is 0 Å². The van der Waals surface area contributed by atoms with Gasteiger partial charge in [0.1, 0.15) is 12.3 Å². The van der Waals surface area contributed by atoms with Crippen molar-refractivity contribution in [3.05, 3.63) is 82.6 Å². The summed E-state index contributed by atoms with van der Waals surface area (Å²) in [5, 5.41) is 14.2. The molecule has 0 atom stereocenters. The van der Waals surface area contributed by atoms with E-state index in [1.54, 1.807) is 6.20 Å². The van der Waals surface area contributed by atoms with Gasteiger partial charge in [-0.2, -0.15) is 0 Å². The van der Waals surface area contributed by atoms with Crippen molar-refractivity contribution in [1.82, 2.24) is 15.0 Å². The molecule has 0 radical (unpaired) electrons. The summed E-state index contributed by atoms with van der Waals surface area (Å²) in [4.78, 5) is 12.2. The van der Waals surface area contributed by atoms with Gasteiger partial charge >= 0.3 is 5.88 Å². The van der Waals surface area contributed by atoms with Gasteiger partial charge in [-0.05, 0) is 29.2 Å². The van der Waals surface area contributed by atoms with Crippen LogP contribution in [0.3, 0.4) is 0 Å². The Labute approximate surface area is 181 Å². The van der Waals surface area contributed by atoms with Gasteiger partial charge in [0.05, 0.1) is 7.11 Å². The Morgan fingerprint density at radius 2 is 1.94 bits per heavy atom. The summed E-state index contributed by atoms with van der Waals surface area (Å²) in [5.74, 6) is 0.804. The van der Waals surface area contributed by atoms with Crippen molar-refractivity contribution in [1.29, 1.82) is 0 Å². The van der Waals surface area contributed by atoms with Gasteiger partial charge in [0.15, 0.2) is 5.69 Å². The van der Waals surface area contributed by atoms with Gasteiger partial charge in [-0.15, -0.1) is 4.73 Å². The molecule has 0 fully saturated rings. The van der Waals surface area contributed by atoms with E-state index in [0.717, 1.165) is 26.9 Å². The molecule has 0 amide bonds. The van der Waals surface area contributed by atoms with Crippen LogP contribution in [0.1, 0.15) is 36.4 Å². The second-order valence-corrected chi connectivity index (χ2v) is 7.88. The van der Waals surface area contributed by atoms with E-state index in [4.69, 9.17) is 14.5 Å². The van der Waals surface area contributed by atoms with E-state index in [1.807, 2.05) is 48.7 Å². The quantitative estimate of drug-likeness (QED) is 0.346. The highest BCUT2D eigenvalue weighted by atomic mass is 16.5. The highest BCUT2D eigenvalue weighted by molar-refractivity contribution is 5.79. The highest BCUT2D eigenvalue weighted by Gasteiger charge is 2.27. The Balaban J connectivity index is 1.74. The first-order chi connectivity index (χ1) is 15.1. The molecule has 31 heavy (non-hydrogen) atoms. The molecule has 1 N–H and O–H groups in total. The smallest absolute Gasteiger partial charge is 0.402 e. The summed E-state index contributed by atoms with van der Waals surface area (Å²) >= 11 is 0. The van der Waals surface area contributed by atoms with Gasteiger partial charge in [-0.25, -0.2) is 9.97 Å². The lowest BCUT2D eigenvalue weighted by atomic mass is 10.1. The van der Waals surface area contributed by atoms with Gasteiger partial charge in [0.2, 0.25) is 0 Å². The molecule has 7 heteroatoms. The molecule has 0 bridgehead atoms. The van der Waals surface area contributed by atoms with E-state index in [0.29, 0.717) is 36.7 Å². The number of nitrogens with one attached hydrogen (secondary N) is 1. The number of methoxy groups -OCH3 is 1. The van der Waals surface area contributed by atoms with E-state index in [-0.39, 0.29) is 11.8 Å². The number of aromatic amines is 1. The number of ether oxygens (including phenoxy) is 2. The number of hydrogen-bond acceptors (Lipinski definition) is 5. The molecule has 0 aliphatic rings. The monoisotopic (exact) mass is 418 g/mol. The van der Waals surface area contributed by atoms with Crippen molar-refractivity contribution in [2.75, 3.05) is 7.11 Å². The average molecular weight is 418 g/mol. The number of nitrogens with zero attached hydrogens (tertiary/aromatic N) is 3. The van der Waals surface area contributed by atoms with Gasteiger partial charge in [0, 0.05) is 30.6 Å². The van der Waals surface area contributed by atoms with E-state index < -0.39 is 0 Å². The average Bonchev–Trinajstić information content (AvgIpc) is 3.18. The van der Waals surface area contributed by atoms with Crippen LogP contribution in [-0.4, -0.2) is 22.1 Å². The number of aromatic nitrogens is 4. The third-order valence-electron chi connectivity index (χ3n) is 5.07. The second kappa shape index (κ2) is 9.04. The fourth-order valence-electron chi connectivity index (χ4n) is 3.62. The summed E-state index contributed by atoms with van der Waals surface area (Å²) in [5.41, 5.74) is 3.80. The minimum Gasteiger partial charge on any atom is -0.616 e. The fourth-order valence-corrected chi connectivity index (χ4v) is 3.62. The van der Waals surface area contributed by atoms with E-state index in [2.05, 4.69) is 23.8 Å². The van der Waals surface area contributed by atoms with Crippen molar-refractivity contribution in [3.63, 3.8) is 0 Å². The predicted molar refractivity (Wildman–Crippen MR) is 118 cm³/mol. The van der Waals surface area contributed by atoms with Gasteiger partial charge in [-0.3, -0.25) is 0 Å². The molecule has 3 heterocycles. The second-order valence-electron chi connectivity index (χ2n) is 7.88. The highest BCUT2D eigenvalue weighted by Crippen LogP contribution is 2.27. The number of H-pyrrole nitrogens is 1. The molecule has 0 spiro atoms. The number of fused-ring (bicyclic) bond motifs is 1. The Kier molecular flexibility index (Phi) is 6.02. The van der Waals surface area contributed by atoms with Crippen LogP contribution in [0.25, 0.3) is 11.0 Å². The molecule has 0 unspecified atom stereocenters. The molecule has 3 aromatic heterocycles. The minimum atomic E-state index is 0.195. The lowest BCUT2D eigenvalue weighted by Crippen LogP contribution is -2.37. The number of hydrogen-bond donors (Lipinski definition) is 1. The maximum Gasteiger partial charge on any atom is 0.402 e. The molecule has 4 rings (SSSR count). The summed E-state index contributed by atoms with van der Waals surface area (Å²) < 4.78 is 12.4. The lowest BCUT2D eigenvalue weighted by Gasteiger charge is -2.16. The third-order valence-corrected chi connectivity index (χ3v) is 5.07. The van der Waals surface area contributed by atoms with E-state index in [1.165, 1.54) is 7.11 Å². The van der Waals surface area contributed by atoms with Crippen molar-refractivity contribution >= 4 is 11.0 Å². The van der Waals surface area contributed by atoms with E-state index in [9.17, 15) is 5.21 Å². The molecule has 4 aromatic rings. The minimum absolute atomic E-state index is 0.195. The van der Waals surface area contributed by atoms with Crippen molar-refractivity contribution < 1.29 is 14.2 Å². The normalized spacial score (nSPS) is 11.2. The van der Waals surface area contributed by atoms with Crippen LogP contribution in [0.2, 0.25) is 0 Å². The first-order valence-corrected chi connectivity index (χ1v) is 10.3. The van der Waals surface area contributed by atoms with Crippen LogP contribution in [0.4, 0.5) is 0 Å². The number of rotatable bonds is 8. The van der Waals surface area contributed by atoms with Gasteiger partial charge in [-0.1, -0.05) is 44.2 Å². The zero-order valence-corrected chi connectivity index (χ0v) is 18.0. The molecule has 1 aromatic carbocycles. The molecule has 0 aliphatic heterocycles. The summed E-state index contributed by atoms with van der Waals surface area (Å²) in [6, 6.07) is 13.7.